The number of carbonyl (C=O) groups is 1. The Balaban J connectivity index is 2.81. The fourth-order valence-electron chi connectivity index (χ4n) is 1.75. The van der Waals surface area contributed by atoms with Crippen molar-refractivity contribution in [2.24, 2.45) is 0 Å². The van der Waals surface area contributed by atoms with Gasteiger partial charge in [-0.25, -0.2) is 0 Å². The fourth-order valence-corrected chi connectivity index (χ4v) is 1.75. The lowest BCUT2D eigenvalue weighted by molar-refractivity contribution is -0.109. The van der Waals surface area contributed by atoms with Gasteiger partial charge in [-0.1, -0.05) is 51.5 Å². The van der Waals surface area contributed by atoms with E-state index in [1.807, 2.05) is 0 Å². The Morgan fingerprint density at radius 3 is 2.07 bits per heavy atom. The van der Waals surface area contributed by atoms with Gasteiger partial charge in [-0.2, -0.15) is 0 Å². The van der Waals surface area contributed by atoms with Crippen molar-refractivity contribution in [3.05, 3.63) is 35.4 Å². The summed E-state index contributed by atoms with van der Waals surface area (Å²) in [4.78, 5) is 10.9. The van der Waals surface area contributed by atoms with Gasteiger partial charge < -0.3 is 4.79 Å². The first-order chi connectivity index (χ1) is 7.19. The topological polar surface area (TPSA) is 17.1 Å². The summed E-state index contributed by atoms with van der Waals surface area (Å²) in [7, 11) is 0. The lowest BCUT2D eigenvalue weighted by atomic mass is 9.93. The molecule has 82 valence electrons. The maximum absolute atomic E-state index is 10.9. The predicted octanol–water partition coefficient (Wildman–Crippen LogP) is 3.89. The molecule has 1 atom stereocenters. The average molecular weight is 204 g/mol. The van der Waals surface area contributed by atoms with Crippen LogP contribution in [-0.4, -0.2) is 6.29 Å². The highest BCUT2D eigenvalue weighted by Gasteiger charge is 2.09. The Morgan fingerprint density at radius 2 is 1.67 bits per heavy atom. The molecule has 1 aromatic carbocycles. The van der Waals surface area contributed by atoms with Crippen LogP contribution in [0.25, 0.3) is 0 Å². The van der Waals surface area contributed by atoms with E-state index >= 15 is 0 Å². The van der Waals surface area contributed by atoms with Crippen molar-refractivity contribution in [3.63, 3.8) is 0 Å². The molecule has 0 aliphatic heterocycles. The van der Waals surface area contributed by atoms with Gasteiger partial charge in [0.25, 0.3) is 0 Å². The molecule has 1 unspecified atom stereocenters. The molecule has 0 saturated heterocycles. The average Bonchev–Trinajstić information content (AvgIpc) is 2.26. The number of carbonyl (C=O) groups excluding carboxylic acids is 1. The molecule has 0 saturated carbocycles. The second kappa shape index (κ2) is 5.69. The summed E-state index contributed by atoms with van der Waals surface area (Å²) in [5.74, 6) is 0.635. The van der Waals surface area contributed by atoms with Crippen LogP contribution in [0.4, 0.5) is 0 Å². The Labute approximate surface area is 92.5 Å². The molecule has 1 aromatic rings. The zero-order valence-corrected chi connectivity index (χ0v) is 9.86. The first kappa shape index (κ1) is 12.0. The van der Waals surface area contributed by atoms with Gasteiger partial charge in [0.2, 0.25) is 0 Å². The van der Waals surface area contributed by atoms with E-state index < -0.39 is 0 Å². The predicted molar refractivity (Wildman–Crippen MR) is 64.2 cm³/mol. The van der Waals surface area contributed by atoms with Crippen LogP contribution in [0, 0.1) is 0 Å². The molecule has 0 fully saturated rings. The number of benzene rings is 1. The van der Waals surface area contributed by atoms with E-state index in [-0.39, 0.29) is 5.92 Å². The summed E-state index contributed by atoms with van der Waals surface area (Å²) in [5, 5.41) is 0. The van der Waals surface area contributed by atoms with Crippen molar-refractivity contribution >= 4 is 6.29 Å². The first-order valence-corrected chi connectivity index (χ1v) is 5.74. The standard InChI is InChI=1S/C14H20O/c1-4-5-14(10-15)13-8-6-12(7-9-13)11(2)3/h6-11,14H,4-5H2,1-3H3. The van der Waals surface area contributed by atoms with E-state index in [2.05, 4.69) is 45.0 Å². The second-order valence-electron chi connectivity index (χ2n) is 4.35. The van der Waals surface area contributed by atoms with Crippen LogP contribution < -0.4 is 0 Å². The number of aldehydes is 1. The van der Waals surface area contributed by atoms with Crippen LogP contribution in [0.5, 0.6) is 0 Å². The highest BCUT2D eigenvalue weighted by atomic mass is 16.1. The molecular weight excluding hydrogens is 184 g/mol. The summed E-state index contributed by atoms with van der Waals surface area (Å²) >= 11 is 0. The van der Waals surface area contributed by atoms with Crippen molar-refractivity contribution in [1.29, 1.82) is 0 Å². The maximum atomic E-state index is 10.9. The third-order valence-electron chi connectivity index (χ3n) is 2.80. The molecular formula is C14H20O. The molecule has 0 bridgehead atoms. The van der Waals surface area contributed by atoms with Crippen LogP contribution in [0.2, 0.25) is 0 Å². The SMILES string of the molecule is CCCC(C=O)c1ccc(C(C)C)cc1. The summed E-state index contributed by atoms with van der Waals surface area (Å²) in [6.07, 6.45) is 3.06. The second-order valence-corrected chi connectivity index (χ2v) is 4.35. The quantitative estimate of drug-likeness (QED) is 0.665. The molecule has 0 aliphatic rings. The van der Waals surface area contributed by atoms with Gasteiger partial charge in [0, 0.05) is 5.92 Å². The van der Waals surface area contributed by atoms with Gasteiger partial charge in [-0.3, -0.25) is 0 Å². The van der Waals surface area contributed by atoms with E-state index in [0.29, 0.717) is 5.92 Å². The first-order valence-electron chi connectivity index (χ1n) is 5.74. The van der Waals surface area contributed by atoms with Crippen LogP contribution >= 0.6 is 0 Å². The Hall–Kier alpha value is -1.11. The molecule has 0 spiro atoms. The van der Waals surface area contributed by atoms with Crippen molar-refractivity contribution in [2.75, 3.05) is 0 Å². The molecule has 0 aliphatic carbocycles. The van der Waals surface area contributed by atoms with E-state index in [1.54, 1.807) is 0 Å². The van der Waals surface area contributed by atoms with Crippen molar-refractivity contribution < 1.29 is 4.79 Å². The Morgan fingerprint density at radius 1 is 1.13 bits per heavy atom. The van der Waals surface area contributed by atoms with Crippen molar-refractivity contribution in [2.45, 2.75) is 45.4 Å². The molecule has 1 heteroatoms. The van der Waals surface area contributed by atoms with E-state index in [1.165, 1.54) is 5.56 Å². The van der Waals surface area contributed by atoms with Crippen molar-refractivity contribution in [3.8, 4) is 0 Å². The van der Waals surface area contributed by atoms with Crippen LogP contribution in [0.3, 0.4) is 0 Å². The molecule has 1 nitrogen and oxygen atoms in total. The van der Waals surface area contributed by atoms with Gasteiger partial charge in [-0.15, -0.1) is 0 Å². The van der Waals surface area contributed by atoms with Gasteiger partial charge >= 0.3 is 0 Å². The Bertz CT molecular complexity index is 298. The molecule has 0 N–H and O–H groups in total. The van der Waals surface area contributed by atoms with Crippen molar-refractivity contribution in [1.82, 2.24) is 0 Å². The number of rotatable bonds is 5. The van der Waals surface area contributed by atoms with Gasteiger partial charge in [-0.05, 0) is 23.5 Å². The zero-order valence-electron chi connectivity index (χ0n) is 9.86. The summed E-state index contributed by atoms with van der Waals surface area (Å²) in [6, 6.07) is 8.44. The van der Waals surface area contributed by atoms with Gasteiger partial charge in [0.1, 0.15) is 6.29 Å². The van der Waals surface area contributed by atoms with E-state index in [0.717, 1.165) is 24.7 Å². The third kappa shape index (κ3) is 3.19. The Kier molecular flexibility index (Phi) is 4.54. The summed E-state index contributed by atoms with van der Waals surface area (Å²) in [6.45, 7) is 6.47. The minimum atomic E-state index is 0.0798. The minimum Gasteiger partial charge on any atom is -0.303 e. The minimum absolute atomic E-state index is 0.0798. The zero-order chi connectivity index (χ0) is 11.3. The number of hydrogen-bond acceptors (Lipinski definition) is 1. The molecule has 0 amide bonds. The van der Waals surface area contributed by atoms with E-state index in [4.69, 9.17) is 0 Å². The fraction of sp³-hybridized carbons (Fsp3) is 0.500. The van der Waals surface area contributed by atoms with Crippen LogP contribution in [-0.2, 0) is 4.79 Å². The van der Waals surface area contributed by atoms with Crippen LogP contribution in [0.15, 0.2) is 24.3 Å². The third-order valence-corrected chi connectivity index (χ3v) is 2.80. The smallest absolute Gasteiger partial charge is 0.127 e. The molecule has 0 aromatic heterocycles. The summed E-state index contributed by atoms with van der Waals surface area (Å²) in [5.41, 5.74) is 2.48. The van der Waals surface area contributed by atoms with Crippen LogP contribution in [0.1, 0.15) is 56.6 Å². The van der Waals surface area contributed by atoms with E-state index in [9.17, 15) is 4.79 Å². The largest absolute Gasteiger partial charge is 0.303 e. The monoisotopic (exact) mass is 204 g/mol. The molecule has 0 radical (unpaired) electrons. The summed E-state index contributed by atoms with van der Waals surface area (Å²) < 4.78 is 0. The highest BCUT2D eigenvalue weighted by molar-refractivity contribution is 5.62. The molecule has 1 rings (SSSR count). The van der Waals surface area contributed by atoms with Gasteiger partial charge in [0.15, 0.2) is 0 Å². The lowest BCUT2D eigenvalue weighted by Gasteiger charge is -2.11. The molecule has 15 heavy (non-hydrogen) atoms. The van der Waals surface area contributed by atoms with Gasteiger partial charge in [0.05, 0.1) is 0 Å². The normalized spacial score (nSPS) is 12.8. The molecule has 0 heterocycles. The maximum Gasteiger partial charge on any atom is 0.127 e. The highest BCUT2D eigenvalue weighted by Crippen LogP contribution is 2.22. The lowest BCUT2D eigenvalue weighted by Crippen LogP contribution is -2.00. The number of hydrogen-bond donors (Lipinski definition) is 0.